The fourth-order valence-corrected chi connectivity index (χ4v) is 4.69. The summed E-state index contributed by atoms with van der Waals surface area (Å²) in [5.41, 5.74) is 1.71. The van der Waals surface area contributed by atoms with E-state index in [9.17, 15) is 19.1 Å². The van der Waals surface area contributed by atoms with Gasteiger partial charge >= 0.3 is 0 Å². The first-order chi connectivity index (χ1) is 18.4. The molecule has 194 valence electrons. The second kappa shape index (κ2) is 10.4. The molecule has 8 nitrogen and oxygen atoms in total. The molecule has 0 amide bonds. The lowest BCUT2D eigenvalue weighted by Crippen LogP contribution is -2.27. The van der Waals surface area contributed by atoms with Crippen LogP contribution < -0.4 is 20.6 Å². The van der Waals surface area contributed by atoms with Gasteiger partial charge in [-0.05, 0) is 60.7 Å². The molecule has 0 spiro atoms. The van der Waals surface area contributed by atoms with Crippen LogP contribution in [0.2, 0.25) is 0 Å². The maximum atomic E-state index is 14.0. The number of hydrogen-bond donors (Lipinski definition) is 1. The Bertz CT molecular complexity index is 1630. The lowest BCUT2D eigenvalue weighted by molar-refractivity contribution is 0.389. The van der Waals surface area contributed by atoms with Crippen molar-refractivity contribution in [2.45, 2.75) is 25.7 Å². The summed E-state index contributed by atoms with van der Waals surface area (Å²) in [6.07, 6.45) is 5.72. The van der Waals surface area contributed by atoms with Crippen molar-refractivity contribution in [1.29, 1.82) is 0 Å². The van der Waals surface area contributed by atoms with E-state index in [0.717, 1.165) is 43.2 Å². The minimum atomic E-state index is -0.533. The summed E-state index contributed by atoms with van der Waals surface area (Å²) in [5.74, 6) is 0.310. The van der Waals surface area contributed by atoms with Gasteiger partial charge in [0.2, 0.25) is 5.88 Å². The average Bonchev–Trinajstić information content (AvgIpc) is 3.47. The Morgan fingerprint density at radius 2 is 1.71 bits per heavy atom. The number of aromatic nitrogens is 3. The molecule has 4 aromatic rings. The van der Waals surface area contributed by atoms with E-state index in [4.69, 9.17) is 9.47 Å². The van der Waals surface area contributed by atoms with Gasteiger partial charge < -0.3 is 14.6 Å². The van der Waals surface area contributed by atoms with E-state index in [-0.39, 0.29) is 23.4 Å². The van der Waals surface area contributed by atoms with Crippen molar-refractivity contribution in [3.05, 3.63) is 110 Å². The zero-order valence-corrected chi connectivity index (χ0v) is 21.0. The molecule has 0 radical (unpaired) electrons. The molecule has 0 saturated carbocycles. The molecule has 0 aliphatic heterocycles. The maximum absolute atomic E-state index is 14.0. The summed E-state index contributed by atoms with van der Waals surface area (Å²) in [4.78, 5) is 30.6. The van der Waals surface area contributed by atoms with E-state index in [1.807, 2.05) is 6.08 Å². The van der Waals surface area contributed by atoms with Gasteiger partial charge in [-0.25, -0.2) is 4.39 Å². The second-order valence-electron chi connectivity index (χ2n) is 8.91. The standard InChI is InChI=1S/C29H26FN3O5/c1-37-23-8-5-9-24(38-2)26(23)33-27(19-6-3-4-7-19)31-28(35)22(29(33)36)16-18-10-13-21(14-11-18)32-17-20(30)12-15-25(32)34/h5-6,8-15,17,35H,3-4,7,16H2,1-2H3. The molecule has 0 atom stereocenters. The summed E-state index contributed by atoms with van der Waals surface area (Å²) in [5, 5.41) is 10.9. The minimum absolute atomic E-state index is 0.0762. The number of halogens is 1. The monoisotopic (exact) mass is 515 g/mol. The smallest absolute Gasteiger partial charge is 0.265 e. The highest BCUT2D eigenvalue weighted by atomic mass is 19.1. The molecule has 1 aliphatic rings. The van der Waals surface area contributed by atoms with Gasteiger partial charge in [-0.1, -0.05) is 24.3 Å². The van der Waals surface area contributed by atoms with Crippen LogP contribution in [0.15, 0.2) is 76.5 Å². The number of benzene rings is 2. The number of rotatable bonds is 7. The first-order valence-electron chi connectivity index (χ1n) is 12.1. The van der Waals surface area contributed by atoms with Crippen LogP contribution in [0.1, 0.15) is 36.2 Å². The lowest BCUT2D eigenvalue weighted by atomic mass is 10.1. The topological polar surface area (TPSA) is 95.6 Å². The van der Waals surface area contributed by atoms with Gasteiger partial charge in [0.05, 0.1) is 19.8 Å². The summed E-state index contributed by atoms with van der Waals surface area (Å²) in [6.45, 7) is 0. The average molecular weight is 516 g/mol. The summed E-state index contributed by atoms with van der Waals surface area (Å²) < 4.78 is 27.5. The number of methoxy groups -OCH3 is 2. The van der Waals surface area contributed by atoms with E-state index in [1.165, 1.54) is 23.4 Å². The van der Waals surface area contributed by atoms with Crippen LogP contribution in [0.5, 0.6) is 17.4 Å². The van der Waals surface area contributed by atoms with Crippen molar-refractivity contribution in [3.63, 3.8) is 0 Å². The Hall–Kier alpha value is -4.66. The number of allylic oxidation sites excluding steroid dienone is 2. The Labute approximate surface area is 217 Å². The molecule has 38 heavy (non-hydrogen) atoms. The van der Waals surface area contributed by atoms with Gasteiger partial charge in [-0.3, -0.25) is 18.7 Å². The highest BCUT2D eigenvalue weighted by Crippen LogP contribution is 2.36. The molecule has 2 aromatic carbocycles. The van der Waals surface area contributed by atoms with Crippen LogP contribution in [-0.4, -0.2) is 33.4 Å². The van der Waals surface area contributed by atoms with Crippen LogP contribution in [0, 0.1) is 5.82 Å². The van der Waals surface area contributed by atoms with E-state index in [0.29, 0.717) is 34.3 Å². The normalized spacial score (nSPS) is 12.9. The van der Waals surface area contributed by atoms with Crippen LogP contribution in [0.4, 0.5) is 4.39 Å². The van der Waals surface area contributed by atoms with Crippen LogP contribution in [0.25, 0.3) is 16.9 Å². The zero-order chi connectivity index (χ0) is 26.8. The maximum Gasteiger partial charge on any atom is 0.265 e. The molecule has 2 heterocycles. The Balaban J connectivity index is 1.63. The SMILES string of the molecule is COc1cccc(OC)c1-n1c(C2=CCCC2)nc(O)c(Cc2ccc(-n3cc(F)ccc3=O)cc2)c1=O. The van der Waals surface area contributed by atoms with Gasteiger partial charge in [-0.15, -0.1) is 0 Å². The number of ether oxygens (including phenoxy) is 2. The van der Waals surface area contributed by atoms with Crippen molar-refractivity contribution < 1.29 is 19.0 Å². The molecule has 0 unspecified atom stereocenters. The first-order valence-corrected chi connectivity index (χ1v) is 12.1. The molecular formula is C29H26FN3O5. The first kappa shape index (κ1) is 25.0. The van der Waals surface area contributed by atoms with Crippen molar-refractivity contribution in [2.75, 3.05) is 14.2 Å². The second-order valence-corrected chi connectivity index (χ2v) is 8.91. The van der Waals surface area contributed by atoms with E-state index < -0.39 is 11.4 Å². The lowest BCUT2D eigenvalue weighted by Gasteiger charge is -2.20. The largest absolute Gasteiger partial charge is 0.494 e. The van der Waals surface area contributed by atoms with Gasteiger partial charge in [0.15, 0.2) is 0 Å². The molecule has 0 fully saturated rings. The Morgan fingerprint density at radius 3 is 2.34 bits per heavy atom. The third-order valence-corrected chi connectivity index (χ3v) is 6.58. The molecule has 9 heteroatoms. The Kier molecular flexibility index (Phi) is 6.83. The molecule has 1 aliphatic carbocycles. The summed E-state index contributed by atoms with van der Waals surface area (Å²) in [7, 11) is 3.02. The number of hydrogen-bond acceptors (Lipinski definition) is 6. The van der Waals surface area contributed by atoms with Gasteiger partial charge in [0.1, 0.15) is 28.8 Å². The van der Waals surface area contributed by atoms with Crippen molar-refractivity contribution in [1.82, 2.24) is 14.1 Å². The summed E-state index contributed by atoms with van der Waals surface area (Å²) >= 11 is 0. The highest BCUT2D eigenvalue weighted by molar-refractivity contribution is 5.68. The number of nitrogens with zero attached hydrogens (tertiary/aromatic N) is 3. The predicted octanol–water partition coefficient (Wildman–Crippen LogP) is 4.40. The molecule has 0 saturated heterocycles. The van der Waals surface area contributed by atoms with Crippen LogP contribution in [-0.2, 0) is 6.42 Å². The van der Waals surface area contributed by atoms with Gasteiger partial charge in [-0.2, -0.15) is 4.98 Å². The molecule has 1 N–H and O–H groups in total. The van der Waals surface area contributed by atoms with Crippen LogP contribution >= 0.6 is 0 Å². The fraction of sp³-hybridized carbons (Fsp3) is 0.207. The molecule has 5 rings (SSSR count). The quantitative estimate of drug-likeness (QED) is 0.392. The highest BCUT2D eigenvalue weighted by Gasteiger charge is 2.25. The van der Waals surface area contributed by atoms with E-state index in [2.05, 4.69) is 4.98 Å². The number of pyridine rings is 1. The van der Waals surface area contributed by atoms with Gasteiger partial charge in [0, 0.05) is 24.4 Å². The molecular weight excluding hydrogens is 489 g/mol. The van der Waals surface area contributed by atoms with E-state index >= 15 is 0 Å². The third-order valence-electron chi connectivity index (χ3n) is 6.58. The van der Waals surface area contributed by atoms with E-state index in [1.54, 1.807) is 42.5 Å². The summed E-state index contributed by atoms with van der Waals surface area (Å²) in [6, 6.07) is 14.2. The van der Waals surface area contributed by atoms with Crippen molar-refractivity contribution in [2.24, 2.45) is 0 Å². The zero-order valence-electron chi connectivity index (χ0n) is 21.0. The minimum Gasteiger partial charge on any atom is -0.494 e. The number of aromatic hydroxyl groups is 1. The molecule has 0 bridgehead atoms. The third kappa shape index (κ3) is 4.58. The number of para-hydroxylation sites is 1. The fourth-order valence-electron chi connectivity index (χ4n) is 4.69. The Morgan fingerprint density at radius 1 is 1.00 bits per heavy atom. The molecule has 2 aromatic heterocycles. The predicted molar refractivity (Wildman–Crippen MR) is 141 cm³/mol. The van der Waals surface area contributed by atoms with Crippen molar-refractivity contribution in [3.8, 4) is 28.8 Å². The van der Waals surface area contributed by atoms with Crippen molar-refractivity contribution >= 4 is 5.57 Å². The van der Waals surface area contributed by atoms with Gasteiger partial charge in [0.25, 0.3) is 11.1 Å². The van der Waals surface area contributed by atoms with Crippen LogP contribution in [0.3, 0.4) is 0 Å².